The van der Waals surface area contributed by atoms with E-state index in [-0.39, 0.29) is 23.4 Å². The topological polar surface area (TPSA) is 98.2 Å². The molecule has 0 unspecified atom stereocenters. The number of hydrogen-bond acceptors (Lipinski definition) is 5. The quantitative estimate of drug-likeness (QED) is 0.241. The van der Waals surface area contributed by atoms with E-state index in [9.17, 15) is 20.2 Å². The lowest BCUT2D eigenvalue weighted by Gasteiger charge is -2.07. The number of aryl methyl sites for hydroxylation is 1. The van der Waals surface area contributed by atoms with Crippen molar-refractivity contribution in [2.45, 2.75) is 40.3 Å². The third kappa shape index (κ3) is 4.61. The second-order valence-electron chi connectivity index (χ2n) is 6.11. The van der Waals surface area contributed by atoms with Gasteiger partial charge in [0, 0.05) is 24.0 Å². The zero-order chi connectivity index (χ0) is 20.0. The molecule has 0 saturated heterocycles. The standard InChI is InChI=1S/C20H21N3O4/c1-4-9-22-14(2)10-17(15(22)3)11-18(12-21)20(24)27-13-16-7-5-6-8-19(16)23(25)26/h5-8,10-11H,4,9,13H2,1-3H3/b18-11+. The van der Waals surface area contributed by atoms with E-state index >= 15 is 0 Å². The molecule has 1 aromatic carbocycles. The van der Waals surface area contributed by atoms with Gasteiger partial charge in [-0.15, -0.1) is 0 Å². The van der Waals surface area contributed by atoms with Gasteiger partial charge in [-0.25, -0.2) is 4.79 Å². The molecule has 0 radical (unpaired) electrons. The van der Waals surface area contributed by atoms with Crippen LogP contribution >= 0.6 is 0 Å². The summed E-state index contributed by atoms with van der Waals surface area (Å²) in [4.78, 5) is 22.8. The number of carbonyl (C=O) groups excluding carboxylic acids is 1. The monoisotopic (exact) mass is 367 g/mol. The molecule has 0 saturated carbocycles. The maximum Gasteiger partial charge on any atom is 0.349 e. The predicted octanol–water partition coefficient (Wildman–Crippen LogP) is 4.07. The van der Waals surface area contributed by atoms with Gasteiger partial charge in [0.15, 0.2) is 0 Å². The summed E-state index contributed by atoms with van der Waals surface area (Å²) in [6.07, 6.45) is 2.47. The molecule has 0 N–H and O–H groups in total. The first kappa shape index (κ1) is 19.9. The Morgan fingerprint density at radius 1 is 1.37 bits per heavy atom. The lowest BCUT2D eigenvalue weighted by Crippen LogP contribution is -2.08. The Morgan fingerprint density at radius 2 is 2.07 bits per heavy atom. The number of nitriles is 1. The van der Waals surface area contributed by atoms with Crippen molar-refractivity contribution >= 4 is 17.7 Å². The molecule has 7 heteroatoms. The van der Waals surface area contributed by atoms with Crippen LogP contribution in [0.2, 0.25) is 0 Å². The molecular weight excluding hydrogens is 346 g/mol. The average molecular weight is 367 g/mol. The number of rotatable bonds is 7. The number of carbonyl (C=O) groups is 1. The van der Waals surface area contributed by atoms with Crippen molar-refractivity contribution in [3.8, 4) is 6.07 Å². The largest absolute Gasteiger partial charge is 0.456 e. The second kappa shape index (κ2) is 8.81. The maximum absolute atomic E-state index is 12.3. The van der Waals surface area contributed by atoms with Gasteiger partial charge >= 0.3 is 5.97 Å². The van der Waals surface area contributed by atoms with E-state index in [1.807, 2.05) is 26.0 Å². The van der Waals surface area contributed by atoms with Crippen molar-refractivity contribution in [1.82, 2.24) is 4.57 Å². The maximum atomic E-state index is 12.3. The molecule has 0 aliphatic carbocycles. The molecule has 27 heavy (non-hydrogen) atoms. The van der Waals surface area contributed by atoms with Gasteiger partial charge in [0.2, 0.25) is 0 Å². The highest BCUT2D eigenvalue weighted by Crippen LogP contribution is 2.21. The number of hydrogen-bond donors (Lipinski definition) is 0. The third-order valence-electron chi connectivity index (χ3n) is 4.25. The Kier molecular flexibility index (Phi) is 6.50. The number of esters is 1. The van der Waals surface area contributed by atoms with E-state index in [0.717, 1.165) is 29.9 Å². The van der Waals surface area contributed by atoms with E-state index in [2.05, 4.69) is 11.5 Å². The number of para-hydroxylation sites is 1. The third-order valence-corrected chi connectivity index (χ3v) is 4.25. The summed E-state index contributed by atoms with van der Waals surface area (Å²) in [7, 11) is 0. The summed E-state index contributed by atoms with van der Waals surface area (Å²) in [5, 5.41) is 20.4. The SMILES string of the molecule is CCCn1c(C)cc(/C=C(\C#N)C(=O)OCc2ccccc2[N+](=O)[O-])c1C. The molecule has 0 fully saturated rings. The van der Waals surface area contributed by atoms with Crippen LogP contribution in [-0.4, -0.2) is 15.5 Å². The van der Waals surface area contributed by atoms with Crippen molar-refractivity contribution in [2.24, 2.45) is 0 Å². The molecule has 1 aromatic heterocycles. The molecule has 7 nitrogen and oxygen atoms in total. The van der Waals surface area contributed by atoms with Crippen LogP contribution in [0.15, 0.2) is 35.9 Å². The Morgan fingerprint density at radius 3 is 2.70 bits per heavy atom. The summed E-state index contributed by atoms with van der Waals surface area (Å²) in [5.74, 6) is -0.809. The van der Waals surface area contributed by atoms with Crippen molar-refractivity contribution in [3.05, 3.63) is 68.5 Å². The molecule has 1 heterocycles. The smallest absolute Gasteiger partial charge is 0.349 e. The highest BCUT2D eigenvalue weighted by atomic mass is 16.6. The van der Waals surface area contributed by atoms with Crippen LogP contribution in [0.5, 0.6) is 0 Å². The summed E-state index contributed by atoms with van der Waals surface area (Å²) < 4.78 is 7.25. The molecule has 0 aliphatic heterocycles. The van der Waals surface area contributed by atoms with Gasteiger partial charge in [-0.1, -0.05) is 19.1 Å². The first-order chi connectivity index (χ1) is 12.9. The fourth-order valence-electron chi connectivity index (χ4n) is 2.87. The van der Waals surface area contributed by atoms with Gasteiger partial charge in [0.1, 0.15) is 18.2 Å². The minimum atomic E-state index is -0.809. The lowest BCUT2D eigenvalue weighted by molar-refractivity contribution is -0.385. The molecule has 0 bridgehead atoms. The Hall–Kier alpha value is -3.40. The molecule has 0 amide bonds. The van der Waals surface area contributed by atoms with Crippen LogP contribution < -0.4 is 0 Å². The Labute approximate surface area is 157 Å². The van der Waals surface area contributed by atoms with E-state index in [0.29, 0.717) is 0 Å². The van der Waals surface area contributed by atoms with Crippen LogP contribution in [0.3, 0.4) is 0 Å². The summed E-state index contributed by atoms with van der Waals surface area (Å²) >= 11 is 0. The van der Waals surface area contributed by atoms with Crippen LogP contribution in [-0.2, 0) is 22.7 Å². The highest BCUT2D eigenvalue weighted by molar-refractivity contribution is 5.98. The normalized spacial score (nSPS) is 11.1. The van der Waals surface area contributed by atoms with E-state index in [1.54, 1.807) is 6.07 Å². The van der Waals surface area contributed by atoms with Crippen molar-refractivity contribution in [2.75, 3.05) is 0 Å². The minimum absolute atomic E-state index is 0.129. The zero-order valence-corrected chi connectivity index (χ0v) is 15.6. The number of ether oxygens (including phenoxy) is 1. The van der Waals surface area contributed by atoms with Gasteiger partial charge in [-0.05, 0) is 44.0 Å². The van der Waals surface area contributed by atoms with Crippen LogP contribution in [0.1, 0.15) is 35.9 Å². The van der Waals surface area contributed by atoms with Gasteiger partial charge in [-0.2, -0.15) is 5.26 Å². The van der Waals surface area contributed by atoms with Crippen molar-refractivity contribution in [3.63, 3.8) is 0 Å². The van der Waals surface area contributed by atoms with Crippen molar-refractivity contribution < 1.29 is 14.5 Å². The van der Waals surface area contributed by atoms with Gasteiger partial charge in [0.25, 0.3) is 5.69 Å². The first-order valence-corrected chi connectivity index (χ1v) is 8.57. The van der Waals surface area contributed by atoms with E-state index in [1.165, 1.54) is 24.3 Å². The number of nitro benzene ring substituents is 1. The molecule has 2 rings (SSSR count). The Bertz CT molecular complexity index is 935. The number of aromatic nitrogens is 1. The summed E-state index contributed by atoms with van der Waals surface area (Å²) in [5.41, 5.74) is 2.79. The average Bonchev–Trinajstić information content (AvgIpc) is 2.92. The number of nitrogens with zero attached hydrogens (tertiary/aromatic N) is 3. The van der Waals surface area contributed by atoms with Crippen LogP contribution in [0.25, 0.3) is 6.08 Å². The minimum Gasteiger partial charge on any atom is -0.456 e. The van der Waals surface area contributed by atoms with E-state index < -0.39 is 10.9 Å². The van der Waals surface area contributed by atoms with E-state index in [4.69, 9.17) is 4.74 Å². The zero-order valence-electron chi connectivity index (χ0n) is 15.6. The molecule has 0 spiro atoms. The summed E-state index contributed by atoms with van der Waals surface area (Å²) in [6.45, 7) is 6.57. The van der Waals surface area contributed by atoms with Gasteiger partial charge < -0.3 is 9.30 Å². The number of nitro groups is 1. The first-order valence-electron chi connectivity index (χ1n) is 8.57. The Balaban J connectivity index is 2.20. The van der Waals surface area contributed by atoms with Gasteiger partial charge in [-0.3, -0.25) is 10.1 Å². The molecule has 2 aromatic rings. The molecule has 140 valence electrons. The second-order valence-corrected chi connectivity index (χ2v) is 6.11. The summed E-state index contributed by atoms with van der Waals surface area (Å²) in [6, 6.07) is 9.79. The lowest BCUT2D eigenvalue weighted by atomic mass is 10.1. The van der Waals surface area contributed by atoms with Crippen LogP contribution in [0.4, 0.5) is 5.69 Å². The number of benzene rings is 1. The fraction of sp³-hybridized carbons (Fsp3) is 0.300. The molecule has 0 atom stereocenters. The fourth-order valence-corrected chi connectivity index (χ4v) is 2.87. The highest BCUT2D eigenvalue weighted by Gasteiger charge is 2.17. The predicted molar refractivity (Wildman–Crippen MR) is 101 cm³/mol. The van der Waals surface area contributed by atoms with Crippen LogP contribution in [0, 0.1) is 35.3 Å². The van der Waals surface area contributed by atoms with Gasteiger partial charge in [0.05, 0.1) is 10.5 Å². The molecule has 0 aliphatic rings. The van der Waals surface area contributed by atoms with Crippen molar-refractivity contribution in [1.29, 1.82) is 5.26 Å². The molecular formula is C20H21N3O4.